The van der Waals surface area contributed by atoms with Gasteiger partial charge in [0, 0.05) is 6.04 Å². The zero-order chi connectivity index (χ0) is 15.2. The van der Waals surface area contributed by atoms with Crippen LogP contribution in [0.25, 0.3) is 0 Å². The molecule has 0 spiro atoms. The van der Waals surface area contributed by atoms with Crippen LogP contribution in [0.1, 0.15) is 36.6 Å². The fourth-order valence-corrected chi connectivity index (χ4v) is 2.67. The number of rotatable bonds is 6. The molecule has 0 amide bonds. The summed E-state index contributed by atoms with van der Waals surface area (Å²) in [5.41, 5.74) is 2.14. The Morgan fingerprint density at radius 3 is 2.24 bits per heavy atom. The second-order valence-electron chi connectivity index (χ2n) is 4.95. The van der Waals surface area contributed by atoms with Crippen molar-refractivity contribution in [2.45, 2.75) is 25.4 Å². The van der Waals surface area contributed by atoms with E-state index in [-0.39, 0.29) is 18.7 Å². The van der Waals surface area contributed by atoms with Gasteiger partial charge in [0.1, 0.15) is 0 Å². The van der Waals surface area contributed by atoms with E-state index in [9.17, 15) is 5.11 Å². The first-order valence-corrected chi connectivity index (χ1v) is 7.78. The lowest BCUT2D eigenvalue weighted by Crippen LogP contribution is -2.28. The predicted molar refractivity (Wildman–Crippen MR) is 88.9 cm³/mol. The van der Waals surface area contributed by atoms with E-state index in [2.05, 4.69) is 12.2 Å². The molecule has 2 aromatic carbocycles. The van der Waals surface area contributed by atoms with Crippen LogP contribution in [0.4, 0.5) is 0 Å². The van der Waals surface area contributed by atoms with Crippen LogP contribution in [0, 0.1) is 0 Å². The zero-order valence-electron chi connectivity index (χ0n) is 11.9. The van der Waals surface area contributed by atoms with Gasteiger partial charge in [-0.2, -0.15) is 0 Å². The molecule has 2 rings (SSSR count). The van der Waals surface area contributed by atoms with Crippen molar-refractivity contribution in [1.82, 2.24) is 5.32 Å². The van der Waals surface area contributed by atoms with E-state index < -0.39 is 0 Å². The highest BCUT2D eigenvalue weighted by Crippen LogP contribution is 2.28. The van der Waals surface area contributed by atoms with Gasteiger partial charge in [0.25, 0.3) is 0 Å². The number of benzene rings is 2. The van der Waals surface area contributed by atoms with Gasteiger partial charge in [0.2, 0.25) is 0 Å². The van der Waals surface area contributed by atoms with Gasteiger partial charge < -0.3 is 10.4 Å². The Hall–Kier alpha value is -1.06. The molecule has 2 atom stereocenters. The maximum atomic E-state index is 9.66. The van der Waals surface area contributed by atoms with Gasteiger partial charge in [-0.05, 0) is 29.7 Å². The summed E-state index contributed by atoms with van der Waals surface area (Å²) in [6.45, 7) is 2.14. The van der Waals surface area contributed by atoms with Gasteiger partial charge in [-0.15, -0.1) is 0 Å². The third-order valence-electron chi connectivity index (χ3n) is 3.54. The highest BCUT2D eigenvalue weighted by Gasteiger charge is 2.17. The first-order chi connectivity index (χ1) is 10.2. The smallest absolute Gasteiger partial charge is 0.0626 e. The van der Waals surface area contributed by atoms with Crippen molar-refractivity contribution in [3.05, 3.63) is 69.7 Å². The molecule has 1 unspecified atom stereocenters. The molecule has 0 aromatic heterocycles. The van der Waals surface area contributed by atoms with Crippen LogP contribution in [0.2, 0.25) is 10.0 Å². The Balaban J connectivity index is 2.19. The number of nitrogens with one attached hydrogen (secondary N) is 1. The van der Waals surface area contributed by atoms with Gasteiger partial charge in [0.15, 0.2) is 0 Å². The number of halogens is 2. The number of hydrogen-bond donors (Lipinski definition) is 2. The summed E-state index contributed by atoms with van der Waals surface area (Å²) >= 11 is 12.1. The monoisotopic (exact) mass is 323 g/mol. The van der Waals surface area contributed by atoms with E-state index in [4.69, 9.17) is 23.2 Å². The van der Waals surface area contributed by atoms with Crippen molar-refractivity contribution < 1.29 is 5.11 Å². The third-order valence-corrected chi connectivity index (χ3v) is 4.28. The van der Waals surface area contributed by atoms with Crippen LogP contribution in [-0.2, 0) is 0 Å². The fourth-order valence-electron chi connectivity index (χ4n) is 2.36. The Morgan fingerprint density at radius 2 is 1.67 bits per heavy atom. The Labute approximate surface area is 135 Å². The van der Waals surface area contributed by atoms with Gasteiger partial charge in [-0.1, -0.05) is 66.5 Å². The lowest BCUT2D eigenvalue weighted by molar-refractivity contribution is 0.232. The van der Waals surface area contributed by atoms with E-state index in [1.807, 2.05) is 42.5 Å². The quantitative estimate of drug-likeness (QED) is 0.802. The van der Waals surface area contributed by atoms with Crippen LogP contribution < -0.4 is 5.32 Å². The molecule has 0 aliphatic rings. The Kier molecular flexibility index (Phi) is 6.07. The largest absolute Gasteiger partial charge is 0.394 e. The first kappa shape index (κ1) is 16.3. The number of aliphatic hydroxyl groups excluding tert-OH is 1. The summed E-state index contributed by atoms with van der Waals surface area (Å²) in [6, 6.07) is 15.6. The normalized spacial score (nSPS) is 13.9. The van der Waals surface area contributed by atoms with E-state index in [0.29, 0.717) is 10.0 Å². The van der Waals surface area contributed by atoms with E-state index >= 15 is 0 Å². The SMILES string of the molecule is CCC(N[C@@H](CO)c1ccccc1)c1ccc(Cl)c(Cl)c1. The minimum absolute atomic E-state index is 0.0435. The summed E-state index contributed by atoms with van der Waals surface area (Å²) in [7, 11) is 0. The molecule has 0 heterocycles. The molecule has 0 radical (unpaired) electrons. The van der Waals surface area contributed by atoms with Crippen molar-refractivity contribution in [3.8, 4) is 0 Å². The van der Waals surface area contributed by atoms with Crippen molar-refractivity contribution in [2.24, 2.45) is 0 Å². The van der Waals surface area contributed by atoms with Crippen LogP contribution in [-0.4, -0.2) is 11.7 Å². The molecule has 2 aromatic rings. The summed E-state index contributed by atoms with van der Waals surface area (Å²) in [4.78, 5) is 0. The Bertz CT molecular complexity index is 574. The molecule has 0 bridgehead atoms. The predicted octanol–water partition coefficient (Wildman–Crippen LogP) is 4.77. The Morgan fingerprint density at radius 1 is 0.952 bits per heavy atom. The highest BCUT2D eigenvalue weighted by molar-refractivity contribution is 6.42. The lowest BCUT2D eigenvalue weighted by Gasteiger charge is -2.24. The lowest BCUT2D eigenvalue weighted by atomic mass is 10.0. The van der Waals surface area contributed by atoms with Crippen molar-refractivity contribution in [2.75, 3.05) is 6.61 Å². The second kappa shape index (κ2) is 7.81. The molecule has 0 aliphatic carbocycles. The molecule has 2 N–H and O–H groups in total. The van der Waals surface area contributed by atoms with E-state index in [0.717, 1.165) is 17.5 Å². The summed E-state index contributed by atoms with van der Waals surface area (Å²) in [6.07, 6.45) is 0.890. The summed E-state index contributed by atoms with van der Waals surface area (Å²) in [5.74, 6) is 0. The molecular formula is C17H19Cl2NO. The molecule has 112 valence electrons. The molecule has 2 nitrogen and oxygen atoms in total. The highest BCUT2D eigenvalue weighted by atomic mass is 35.5. The average molecular weight is 324 g/mol. The van der Waals surface area contributed by atoms with Crippen LogP contribution in [0.5, 0.6) is 0 Å². The van der Waals surface area contributed by atoms with Gasteiger partial charge in [-0.25, -0.2) is 0 Å². The maximum absolute atomic E-state index is 9.66. The molecule has 21 heavy (non-hydrogen) atoms. The average Bonchev–Trinajstić information content (AvgIpc) is 2.52. The van der Waals surface area contributed by atoms with E-state index in [1.165, 1.54) is 0 Å². The molecule has 0 saturated heterocycles. The van der Waals surface area contributed by atoms with E-state index in [1.54, 1.807) is 6.07 Å². The van der Waals surface area contributed by atoms with Crippen molar-refractivity contribution in [3.63, 3.8) is 0 Å². The molecule has 4 heteroatoms. The van der Waals surface area contributed by atoms with Crippen LogP contribution in [0.15, 0.2) is 48.5 Å². The minimum atomic E-state index is -0.106. The van der Waals surface area contributed by atoms with Crippen LogP contribution >= 0.6 is 23.2 Å². The molecular weight excluding hydrogens is 305 g/mol. The standard InChI is InChI=1S/C17H19Cl2NO/c1-2-16(13-8-9-14(18)15(19)10-13)20-17(11-21)12-6-4-3-5-7-12/h3-10,16-17,20-21H,2,11H2,1H3/t16?,17-/m0/s1. The molecule has 0 saturated carbocycles. The first-order valence-electron chi connectivity index (χ1n) is 7.02. The number of aliphatic hydroxyl groups is 1. The molecule has 0 fully saturated rings. The van der Waals surface area contributed by atoms with Crippen LogP contribution in [0.3, 0.4) is 0 Å². The second-order valence-corrected chi connectivity index (χ2v) is 5.76. The van der Waals surface area contributed by atoms with Crippen molar-refractivity contribution in [1.29, 1.82) is 0 Å². The van der Waals surface area contributed by atoms with Gasteiger partial charge in [0.05, 0.1) is 22.7 Å². The number of hydrogen-bond acceptors (Lipinski definition) is 2. The van der Waals surface area contributed by atoms with Gasteiger partial charge >= 0.3 is 0 Å². The minimum Gasteiger partial charge on any atom is -0.394 e. The molecule has 0 aliphatic heterocycles. The third kappa shape index (κ3) is 4.21. The van der Waals surface area contributed by atoms with Crippen molar-refractivity contribution >= 4 is 23.2 Å². The topological polar surface area (TPSA) is 32.3 Å². The van der Waals surface area contributed by atoms with Gasteiger partial charge in [-0.3, -0.25) is 0 Å². The fraction of sp³-hybridized carbons (Fsp3) is 0.294. The maximum Gasteiger partial charge on any atom is 0.0626 e. The zero-order valence-corrected chi connectivity index (χ0v) is 13.4. The summed E-state index contributed by atoms with van der Waals surface area (Å²) < 4.78 is 0. The summed E-state index contributed by atoms with van der Waals surface area (Å²) in [5, 5.41) is 14.2.